The first-order valence-electron chi connectivity index (χ1n) is 6.02. The molecule has 1 fully saturated rings. The summed E-state index contributed by atoms with van der Waals surface area (Å²) in [5, 5.41) is -0.294. The second kappa shape index (κ2) is 4.92. The maximum absolute atomic E-state index is 13.9. The summed E-state index contributed by atoms with van der Waals surface area (Å²) in [5.41, 5.74) is 5.11. The van der Waals surface area contributed by atoms with Crippen LogP contribution in [0.4, 0.5) is 10.1 Å². The van der Waals surface area contributed by atoms with Crippen LogP contribution in [0, 0.1) is 5.82 Å². The zero-order chi connectivity index (χ0) is 14.3. The van der Waals surface area contributed by atoms with Gasteiger partial charge in [0.2, 0.25) is 10.0 Å². The maximum atomic E-state index is 13.9. The van der Waals surface area contributed by atoms with Gasteiger partial charge in [-0.2, -0.15) is 0 Å². The third kappa shape index (κ3) is 3.01. The molecule has 0 aliphatic heterocycles. The largest absolute Gasteiger partial charge is 0.399 e. The highest BCUT2D eigenvalue weighted by atomic mass is 35.5. The van der Waals surface area contributed by atoms with E-state index in [1.54, 1.807) is 0 Å². The van der Waals surface area contributed by atoms with Crippen LogP contribution in [0.3, 0.4) is 0 Å². The molecule has 0 heterocycles. The third-order valence-electron chi connectivity index (χ3n) is 3.39. The van der Waals surface area contributed by atoms with E-state index >= 15 is 0 Å². The highest BCUT2D eigenvalue weighted by molar-refractivity contribution is 7.89. The number of nitrogen functional groups attached to an aromatic ring is 1. The number of nitrogens with one attached hydrogen (secondary N) is 1. The zero-order valence-corrected chi connectivity index (χ0v) is 12.1. The summed E-state index contributed by atoms with van der Waals surface area (Å²) < 4.78 is 40.9. The molecule has 3 N–H and O–H groups in total. The normalized spacial score (nSPS) is 18.7. The first kappa shape index (κ1) is 14.6. The van der Waals surface area contributed by atoms with Crippen LogP contribution in [-0.4, -0.2) is 14.0 Å². The zero-order valence-electron chi connectivity index (χ0n) is 10.5. The van der Waals surface area contributed by atoms with Crippen molar-refractivity contribution in [1.29, 1.82) is 0 Å². The van der Waals surface area contributed by atoms with Crippen molar-refractivity contribution in [2.24, 2.45) is 0 Å². The maximum Gasteiger partial charge on any atom is 0.244 e. The third-order valence-corrected chi connectivity index (χ3v) is 5.31. The van der Waals surface area contributed by atoms with Crippen LogP contribution in [0.2, 0.25) is 5.02 Å². The summed E-state index contributed by atoms with van der Waals surface area (Å²) in [6, 6.07) is 2.27. The molecule has 106 valence electrons. The fourth-order valence-corrected chi connectivity index (χ4v) is 4.30. The molecule has 0 atom stereocenters. The van der Waals surface area contributed by atoms with Gasteiger partial charge in [0.05, 0.1) is 5.02 Å². The fourth-order valence-electron chi connectivity index (χ4n) is 2.42. The lowest BCUT2D eigenvalue weighted by Gasteiger charge is -2.25. The summed E-state index contributed by atoms with van der Waals surface area (Å²) >= 11 is 5.63. The summed E-state index contributed by atoms with van der Waals surface area (Å²) in [4.78, 5) is -0.495. The number of halogens is 2. The SMILES string of the molecule is CC1(NS(=O)(=O)c2cc(N)cc(Cl)c2F)CCCC1. The van der Waals surface area contributed by atoms with Crippen molar-refractivity contribution in [2.45, 2.75) is 43.0 Å². The molecule has 1 aromatic rings. The molecule has 1 saturated carbocycles. The van der Waals surface area contributed by atoms with E-state index in [9.17, 15) is 12.8 Å². The van der Waals surface area contributed by atoms with Gasteiger partial charge in [-0.3, -0.25) is 0 Å². The summed E-state index contributed by atoms with van der Waals surface area (Å²) in [7, 11) is -3.97. The highest BCUT2D eigenvalue weighted by Gasteiger charge is 2.35. The van der Waals surface area contributed by atoms with Crippen molar-refractivity contribution >= 4 is 27.3 Å². The number of sulfonamides is 1. The van der Waals surface area contributed by atoms with Crippen LogP contribution in [-0.2, 0) is 10.0 Å². The topological polar surface area (TPSA) is 72.2 Å². The Hall–Kier alpha value is -0.850. The van der Waals surface area contributed by atoms with E-state index in [0.717, 1.165) is 31.7 Å². The number of nitrogens with two attached hydrogens (primary N) is 1. The second-order valence-corrected chi connectivity index (χ2v) is 7.25. The number of anilines is 1. The molecule has 4 nitrogen and oxygen atoms in total. The van der Waals surface area contributed by atoms with Crippen molar-refractivity contribution in [3.05, 3.63) is 23.0 Å². The summed E-state index contributed by atoms with van der Waals surface area (Å²) in [6.45, 7) is 1.82. The smallest absolute Gasteiger partial charge is 0.244 e. The molecular formula is C12H16ClFN2O2S. The molecule has 0 amide bonds. The van der Waals surface area contributed by atoms with Crippen LogP contribution in [0.1, 0.15) is 32.6 Å². The minimum Gasteiger partial charge on any atom is -0.399 e. The molecular weight excluding hydrogens is 291 g/mol. The van der Waals surface area contributed by atoms with Crippen molar-refractivity contribution in [2.75, 3.05) is 5.73 Å². The van der Waals surface area contributed by atoms with Crippen LogP contribution in [0.25, 0.3) is 0 Å². The van der Waals surface area contributed by atoms with Crippen LogP contribution in [0.15, 0.2) is 17.0 Å². The monoisotopic (exact) mass is 306 g/mol. The van der Waals surface area contributed by atoms with Crippen molar-refractivity contribution < 1.29 is 12.8 Å². The number of rotatable bonds is 3. The predicted molar refractivity (Wildman–Crippen MR) is 73.0 cm³/mol. The molecule has 1 aliphatic rings. The number of benzene rings is 1. The summed E-state index contributed by atoms with van der Waals surface area (Å²) in [6.07, 6.45) is 3.40. The molecule has 7 heteroatoms. The molecule has 0 spiro atoms. The Bertz CT molecular complexity index is 598. The van der Waals surface area contributed by atoms with Gasteiger partial charge in [-0.25, -0.2) is 17.5 Å². The van der Waals surface area contributed by atoms with Gasteiger partial charge < -0.3 is 5.73 Å². The molecule has 1 aliphatic carbocycles. The quantitative estimate of drug-likeness (QED) is 0.843. The van der Waals surface area contributed by atoms with Crippen molar-refractivity contribution in [1.82, 2.24) is 4.72 Å². The average molecular weight is 307 g/mol. The van der Waals surface area contributed by atoms with Crippen LogP contribution >= 0.6 is 11.6 Å². The van der Waals surface area contributed by atoms with E-state index in [4.69, 9.17) is 17.3 Å². The Kier molecular flexibility index (Phi) is 3.77. The minimum absolute atomic E-state index is 0.114. The van der Waals surface area contributed by atoms with E-state index in [-0.39, 0.29) is 10.7 Å². The molecule has 0 unspecified atom stereocenters. The minimum atomic E-state index is -3.97. The highest BCUT2D eigenvalue weighted by Crippen LogP contribution is 2.32. The number of hydrogen-bond acceptors (Lipinski definition) is 3. The van der Waals surface area contributed by atoms with E-state index in [0.29, 0.717) is 0 Å². The molecule has 0 aromatic heterocycles. The van der Waals surface area contributed by atoms with Gasteiger partial charge in [0.1, 0.15) is 4.90 Å². The first-order valence-corrected chi connectivity index (χ1v) is 7.88. The Labute approximate surface area is 117 Å². The van der Waals surface area contributed by atoms with Gasteiger partial charge in [0.25, 0.3) is 0 Å². The molecule has 1 aromatic carbocycles. The molecule has 19 heavy (non-hydrogen) atoms. The van der Waals surface area contributed by atoms with Crippen molar-refractivity contribution in [3.8, 4) is 0 Å². The van der Waals surface area contributed by atoms with Gasteiger partial charge in [-0.1, -0.05) is 24.4 Å². The van der Waals surface area contributed by atoms with Gasteiger partial charge in [-0.05, 0) is 31.9 Å². The Morgan fingerprint density at radius 3 is 2.53 bits per heavy atom. The van der Waals surface area contributed by atoms with Gasteiger partial charge >= 0.3 is 0 Å². The summed E-state index contributed by atoms with van der Waals surface area (Å²) in [5.74, 6) is -0.968. The first-order chi connectivity index (χ1) is 8.73. The standard InChI is InChI=1S/C12H16ClFN2O2S/c1-12(4-2-3-5-12)16-19(17,18)10-7-8(15)6-9(13)11(10)14/h6-7,16H,2-5,15H2,1H3. The van der Waals surface area contributed by atoms with Gasteiger partial charge in [-0.15, -0.1) is 0 Å². The molecule has 2 rings (SSSR count). The van der Waals surface area contributed by atoms with Crippen molar-refractivity contribution in [3.63, 3.8) is 0 Å². The van der Waals surface area contributed by atoms with E-state index in [1.807, 2.05) is 6.92 Å². The van der Waals surface area contributed by atoms with Crippen LogP contribution in [0.5, 0.6) is 0 Å². The average Bonchev–Trinajstić information content (AvgIpc) is 2.68. The van der Waals surface area contributed by atoms with Crippen LogP contribution < -0.4 is 10.5 Å². The van der Waals surface area contributed by atoms with Gasteiger partial charge in [0, 0.05) is 11.2 Å². The van der Waals surface area contributed by atoms with E-state index in [1.165, 1.54) is 6.07 Å². The molecule has 0 saturated heterocycles. The lowest BCUT2D eigenvalue weighted by molar-refractivity contribution is 0.425. The fraction of sp³-hybridized carbons (Fsp3) is 0.500. The molecule has 0 bridgehead atoms. The van der Waals surface area contributed by atoms with E-state index in [2.05, 4.69) is 4.72 Å². The Balaban J connectivity index is 2.40. The lowest BCUT2D eigenvalue weighted by Crippen LogP contribution is -2.43. The predicted octanol–water partition coefficient (Wildman–Crippen LogP) is 2.67. The lowest BCUT2D eigenvalue weighted by atomic mass is 10.0. The Morgan fingerprint density at radius 1 is 1.37 bits per heavy atom. The number of hydrogen-bond donors (Lipinski definition) is 2. The Morgan fingerprint density at radius 2 is 1.95 bits per heavy atom. The second-order valence-electron chi connectivity index (χ2n) is 5.19. The van der Waals surface area contributed by atoms with E-state index < -0.39 is 26.3 Å². The molecule has 0 radical (unpaired) electrons. The van der Waals surface area contributed by atoms with Gasteiger partial charge in [0.15, 0.2) is 5.82 Å².